The summed E-state index contributed by atoms with van der Waals surface area (Å²) in [5.74, 6) is 0. The molecule has 2 atom stereocenters. The lowest BCUT2D eigenvalue weighted by molar-refractivity contribution is -0.138. The number of nitrogens with one attached hydrogen (secondary N) is 1. The van der Waals surface area contributed by atoms with Gasteiger partial charge in [-0.2, -0.15) is 13.2 Å². The van der Waals surface area contributed by atoms with E-state index in [2.05, 4.69) is 5.32 Å². The molecule has 2 unspecified atom stereocenters. The lowest BCUT2D eigenvalue weighted by atomic mass is 10.2. The largest absolute Gasteiger partial charge is 0.390 e. The molecule has 108 valence electrons. The molecule has 1 N–H and O–H groups in total. The Morgan fingerprint density at radius 1 is 1.44 bits per heavy atom. The molecule has 1 aliphatic rings. The van der Waals surface area contributed by atoms with Crippen molar-refractivity contribution in [1.29, 1.82) is 0 Å². The van der Waals surface area contributed by atoms with Gasteiger partial charge < -0.3 is 15.0 Å². The van der Waals surface area contributed by atoms with E-state index in [0.717, 1.165) is 26.0 Å². The van der Waals surface area contributed by atoms with E-state index < -0.39 is 12.6 Å². The van der Waals surface area contributed by atoms with Crippen LogP contribution in [-0.2, 0) is 4.74 Å². The molecule has 0 aromatic carbocycles. The molecule has 3 nitrogen and oxygen atoms in total. The van der Waals surface area contributed by atoms with Gasteiger partial charge in [-0.15, -0.1) is 0 Å². The molecule has 1 rings (SSSR count). The minimum Gasteiger partial charge on any atom is -0.377 e. The molecule has 0 amide bonds. The molecular weight excluding hydrogens is 245 g/mol. The van der Waals surface area contributed by atoms with Crippen LogP contribution in [-0.4, -0.2) is 56.5 Å². The fourth-order valence-electron chi connectivity index (χ4n) is 1.94. The first-order valence-corrected chi connectivity index (χ1v) is 6.48. The zero-order valence-electron chi connectivity index (χ0n) is 11.1. The lowest BCUT2D eigenvalue weighted by Gasteiger charge is -2.26. The van der Waals surface area contributed by atoms with Crippen molar-refractivity contribution in [2.45, 2.75) is 44.5 Å². The van der Waals surface area contributed by atoms with Crippen LogP contribution in [0.25, 0.3) is 0 Å². The maximum Gasteiger partial charge on any atom is 0.390 e. The molecule has 0 saturated carbocycles. The highest BCUT2D eigenvalue weighted by Crippen LogP contribution is 2.19. The van der Waals surface area contributed by atoms with Crippen LogP contribution < -0.4 is 5.32 Å². The van der Waals surface area contributed by atoms with Gasteiger partial charge in [0.2, 0.25) is 0 Å². The van der Waals surface area contributed by atoms with E-state index in [-0.39, 0.29) is 18.7 Å². The molecule has 1 saturated heterocycles. The van der Waals surface area contributed by atoms with Crippen LogP contribution in [0.1, 0.15) is 26.2 Å². The van der Waals surface area contributed by atoms with E-state index in [4.69, 9.17) is 4.74 Å². The number of nitrogens with zero attached hydrogens (tertiary/aromatic N) is 1. The molecule has 0 aliphatic carbocycles. The van der Waals surface area contributed by atoms with E-state index in [9.17, 15) is 13.2 Å². The molecule has 0 spiro atoms. The van der Waals surface area contributed by atoms with Crippen LogP contribution >= 0.6 is 0 Å². The third-order valence-corrected chi connectivity index (χ3v) is 3.34. The minimum atomic E-state index is -4.07. The summed E-state index contributed by atoms with van der Waals surface area (Å²) >= 11 is 0. The topological polar surface area (TPSA) is 24.5 Å². The zero-order valence-corrected chi connectivity index (χ0v) is 11.1. The first-order valence-electron chi connectivity index (χ1n) is 6.48. The summed E-state index contributed by atoms with van der Waals surface area (Å²) in [6.07, 6.45) is -2.37. The SMILES string of the molecule is CC(CNCC1CCCO1)N(C)CCC(F)(F)F. The number of ether oxygens (including phenoxy) is 1. The molecular formula is C12H23F3N2O. The summed E-state index contributed by atoms with van der Waals surface area (Å²) < 4.78 is 41.7. The Kier molecular flexibility index (Phi) is 6.38. The standard InChI is InChI=1S/C12H23F3N2O/c1-10(17(2)6-5-12(13,14)15)8-16-9-11-4-3-7-18-11/h10-11,16H,3-9H2,1-2H3. The van der Waals surface area contributed by atoms with Gasteiger partial charge in [-0.3, -0.25) is 0 Å². The Morgan fingerprint density at radius 2 is 2.17 bits per heavy atom. The van der Waals surface area contributed by atoms with E-state index in [0.29, 0.717) is 6.54 Å². The van der Waals surface area contributed by atoms with Crippen molar-refractivity contribution in [2.75, 3.05) is 33.3 Å². The second-order valence-corrected chi connectivity index (χ2v) is 4.99. The van der Waals surface area contributed by atoms with Crippen molar-refractivity contribution in [1.82, 2.24) is 10.2 Å². The van der Waals surface area contributed by atoms with E-state index in [1.807, 2.05) is 6.92 Å². The van der Waals surface area contributed by atoms with Crippen LogP contribution in [0.2, 0.25) is 0 Å². The molecule has 0 aromatic rings. The highest BCUT2D eigenvalue weighted by Gasteiger charge is 2.27. The minimum absolute atomic E-state index is 0.0479. The Labute approximate surface area is 107 Å². The second-order valence-electron chi connectivity index (χ2n) is 4.99. The van der Waals surface area contributed by atoms with Gasteiger partial charge in [0.15, 0.2) is 0 Å². The molecule has 0 radical (unpaired) electrons. The first kappa shape index (κ1) is 15.7. The Hall–Kier alpha value is -0.330. The first-order chi connectivity index (χ1) is 8.38. The van der Waals surface area contributed by atoms with Crippen LogP contribution in [0.4, 0.5) is 13.2 Å². The summed E-state index contributed by atoms with van der Waals surface area (Å²) in [4.78, 5) is 1.73. The predicted octanol–water partition coefficient (Wildman–Crippen LogP) is 2.03. The Balaban J connectivity index is 2.09. The molecule has 1 fully saturated rings. The van der Waals surface area contributed by atoms with E-state index in [1.165, 1.54) is 0 Å². The number of alkyl halides is 3. The van der Waals surface area contributed by atoms with Gasteiger partial charge in [0.1, 0.15) is 0 Å². The number of hydrogen-bond acceptors (Lipinski definition) is 3. The van der Waals surface area contributed by atoms with Gasteiger partial charge >= 0.3 is 6.18 Å². The second kappa shape index (κ2) is 7.31. The predicted molar refractivity (Wildman–Crippen MR) is 64.6 cm³/mol. The van der Waals surface area contributed by atoms with Gasteiger partial charge in [0, 0.05) is 32.3 Å². The van der Waals surface area contributed by atoms with Crippen LogP contribution in [0.5, 0.6) is 0 Å². The van der Waals surface area contributed by atoms with Crippen molar-refractivity contribution in [2.24, 2.45) is 0 Å². The van der Waals surface area contributed by atoms with Crippen molar-refractivity contribution in [3.05, 3.63) is 0 Å². The molecule has 0 aromatic heterocycles. The van der Waals surface area contributed by atoms with Crippen molar-refractivity contribution in [3.8, 4) is 0 Å². The van der Waals surface area contributed by atoms with Gasteiger partial charge in [-0.05, 0) is 26.8 Å². The maximum atomic E-state index is 12.1. The third kappa shape index (κ3) is 6.56. The van der Waals surface area contributed by atoms with Crippen molar-refractivity contribution in [3.63, 3.8) is 0 Å². The van der Waals surface area contributed by atoms with E-state index >= 15 is 0 Å². The zero-order chi connectivity index (χ0) is 13.6. The normalized spacial score (nSPS) is 22.7. The van der Waals surface area contributed by atoms with Crippen LogP contribution in [0.3, 0.4) is 0 Å². The molecule has 1 aliphatic heterocycles. The molecule has 0 bridgehead atoms. The molecule has 1 heterocycles. The van der Waals surface area contributed by atoms with E-state index in [1.54, 1.807) is 11.9 Å². The smallest absolute Gasteiger partial charge is 0.377 e. The summed E-state index contributed by atoms with van der Waals surface area (Å²) in [5, 5.41) is 3.26. The van der Waals surface area contributed by atoms with Gasteiger partial charge in [-0.1, -0.05) is 0 Å². The van der Waals surface area contributed by atoms with Crippen molar-refractivity contribution < 1.29 is 17.9 Å². The van der Waals surface area contributed by atoms with Gasteiger partial charge in [-0.25, -0.2) is 0 Å². The maximum absolute atomic E-state index is 12.1. The summed E-state index contributed by atoms with van der Waals surface area (Å²) in [5.41, 5.74) is 0. The summed E-state index contributed by atoms with van der Waals surface area (Å²) in [6, 6.07) is 0.0914. The third-order valence-electron chi connectivity index (χ3n) is 3.34. The Morgan fingerprint density at radius 3 is 2.72 bits per heavy atom. The lowest BCUT2D eigenvalue weighted by Crippen LogP contribution is -2.41. The van der Waals surface area contributed by atoms with Crippen molar-refractivity contribution >= 4 is 0 Å². The summed E-state index contributed by atoms with van der Waals surface area (Å²) in [6.45, 7) is 4.28. The quantitative estimate of drug-likeness (QED) is 0.764. The number of rotatable bonds is 7. The fourth-order valence-corrected chi connectivity index (χ4v) is 1.94. The fraction of sp³-hybridized carbons (Fsp3) is 1.00. The highest BCUT2D eigenvalue weighted by molar-refractivity contribution is 4.72. The summed E-state index contributed by atoms with van der Waals surface area (Å²) in [7, 11) is 1.73. The van der Waals surface area contributed by atoms with Crippen LogP contribution in [0.15, 0.2) is 0 Å². The monoisotopic (exact) mass is 268 g/mol. The average Bonchev–Trinajstić information content (AvgIpc) is 2.77. The molecule has 18 heavy (non-hydrogen) atoms. The number of halogens is 3. The molecule has 6 heteroatoms. The number of likely N-dealkylation sites (N-methyl/N-ethyl adjacent to an activating group) is 1. The van der Waals surface area contributed by atoms with Crippen LogP contribution in [0, 0.1) is 0 Å². The average molecular weight is 268 g/mol. The van der Waals surface area contributed by atoms with Gasteiger partial charge in [0.05, 0.1) is 12.5 Å². The van der Waals surface area contributed by atoms with Gasteiger partial charge in [0.25, 0.3) is 0 Å². The number of hydrogen-bond donors (Lipinski definition) is 1. The Bertz CT molecular complexity index is 230. The highest BCUT2D eigenvalue weighted by atomic mass is 19.4.